The average molecular weight is 290 g/mol. The second-order valence-electron chi connectivity index (χ2n) is 4.61. The number of carbonyl (C=O) groups is 2. The number of nitrogens with one attached hydrogen (secondary N) is 1. The molecular formula is C15H18N2O4. The zero-order chi connectivity index (χ0) is 15.8. The Hall–Kier alpha value is -2.55. The van der Waals surface area contributed by atoms with Crippen LogP contribution >= 0.6 is 0 Å². The lowest BCUT2D eigenvalue weighted by Gasteiger charge is -2.19. The van der Waals surface area contributed by atoms with Gasteiger partial charge in [0.1, 0.15) is 5.75 Å². The molecule has 2 unspecified atom stereocenters. The second-order valence-corrected chi connectivity index (χ2v) is 4.61. The van der Waals surface area contributed by atoms with Gasteiger partial charge in [0.25, 0.3) is 5.91 Å². The van der Waals surface area contributed by atoms with Gasteiger partial charge in [0.15, 0.2) is 6.10 Å². The van der Waals surface area contributed by atoms with Crippen molar-refractivity contribution in [1.82, 2.24) is 5.32 Å². The lowest BCUT2D eigenvalue weighted by Crippen LogP contribution is -2.43. The van der Waals surface area contributed by atoms with Crippen molar-refractivity contribution in [3.05, 3.63) is 29.8 Å². The van der Waals surface area contributed by atoms with Gasteiger partial charge in [-0.3, -0.25) is 9.59 Å². The molecule has 1 aromatic carbocycles. The van der Waals surface area contributed by atoms with Gasteiger partial charge in [-0.2, -0.15) is 5.26 Å². The Bertz CT molecular complexity index is 534. The Kier molecular flexibility index (Phi) is 6.21. The summed E-state index contributed by atoms with van der Waals surface area (Å²) in [5.41, 5.74) is 0.506. The molecule has 0 aliphatic carbocycles. The fourth-order valence-electron chi connectivity index (χ4n) is 1.69. The highest BCUT2D eigenvalue weighted by molar-refractivity contribution is 5.81. The number of rotatable bonds is 7. The van der Waals surface area contributed by atoms with E-state index in [1.165, 1.54) is 0 Å². The number of amides is 1. The van der Waals surface area contributed by atoms with Crippen LogP contribution in [0.5, 0.6) is 5.75 Å². The number of carbonyl (C=O) groups excluding carboxylic acids is 1. The van der Waals surface area contributed by atoms with Crippen molar-refractivity contribution in [3.63, 3.8) is 0 Å². The highest BCUT2D eigenvalue weighted by atomic mass is 16.5. The molecule has 0 aromatic heterocycles. The van der Waals surface area contributed by atoms with Crippen molar-refractivity contribution in [2.24, 2.45) is 0 Å². The number of nitriles is 1. The minimum atomic E-state index is -0.956. The van der Waals surface area contributed by atoms with Gasteiger partial charge in [-0.25, -0.2) is 0 Å². The van der Waals surface area contributed by atoms with E-state index in [4.69, 9.17) is 15.1 Å². The van der Waals surface area contributed by atoms with Gasteiger partial charge in [0, 0.05) is 6.04 Å². The summed E-state index contributed by atoms with van der Waals surface area (Å²) in [6.45, 7) is 3.39. The van der Waals surface area contributed by atoms with Crippen LogP contribution in [-0.2, 0) is 9.59 Å². The minimum absolute atomic E-state index is 0.119. The molecule has 0 aliphatic rings. The monoisotopic (exact) mass is 290 g/mol. The van der Waals surface area contributed by atoms with Gasteiger partial charge >= 0.3 is 5.97 Å². The van der Waals surface area contributed by atoms with Crippen LogP contribution < -0.4 is 10.1 Å². The van der Waals surface area contributed by atoms with Crippen molar-refractivity contribution in [1.29, 1.82) is 5.26 Å². The second kappa shape index (κ2) is 7.90. The topological polar surface area (TPSA) is 99.4 Å². The van der Waals surface area contributed by atoms with Crippen molar-refractivity contribution in [3.8, 4) is 11.8 Å². The number of benzene rings is 1. The summed E-state index contributed by atoms with van der Waals surface area (Å²) >= 11 is 0. The van der Waals surface area contributed by atoms with Gasteiger partial charge in [0.05, 0.1) is 18.1 Å². The number of carboxylic acid groups (broad SMARTS) is 1. The predicted octanol–water partition coefficient (Wildman–Crippen LogP) is 1.70. The standard InChI is InChI=1S/C15H18N2O4/c1-3-12(8-14(18)19)17-15(20)10(2)21-13-6-4-11(9-16)5-7-13/h4-7,10,12H,3,8H2,1-2H3,(H,17,20)(H,18,19). The zero-order valence-electron chi connectivity index (χ0n) is 12.0. The fourth-order valence-corrected chi connectivity index (χ4v) is 1.69. The molecule has 2 N–H and O–H groups in total. The quantitative estimate of drug-likeness (QED) is 0.796. The van der Waals surface area contributed by atoms with Crippen LogP contribution in [0.25, 0.3) is 0 Å². The molecule has 6 nitrogen and oxygen atoms in total. The first kappa shape index (κ1) is 16.5. The van der Waals surface area contributed by atoms with Gasteiger partial charge in [-0.05, 0) is 37.6 Å². The highest BCUT2D eigenvalue weighted by Crippen LogP contribution is 2.13. The molecule has 112 valence electrons. The fraction of sp³-hybridized carbons (Fsp3) is 0.400. The van der Waals surface area contributed by atoms with E-state index in [-0.39, 0.29) is 12.3 Å². The third-order valence-corrected chi connectivity index (χ3v) is 2.93. The number of ether oxygens (including phenoxy) is 1. The number of carboxylic acids is 1. The summed E-state index contributed by atoms with van der Waals surface area (Å²) in [7, 11) is 0. The van der Waals surface area contributed by atoms with Crippen LogP contribution in [-0.4, -0.2) is 29.1 Å². The van der Waals surface area contributed by atoms with Gasteiger partial charge < -0.3 is 15.2 Å². The normalized spacial score (nSPS) is 12.8. The lowest BCUT2D eigenvalue weighted by molar-refractivity contribution is -0.138. The van der Waals surface area contributed by atoms with Crippen LogP contribution in [0.3, 0.4) is 0 Å². The summed E-state index contributed by atoms with van der Waals surface area (Å²) in [5, 5.41) is 20.1. The maximum absolute atomic E-state index is 11.9. The van der Waals surface area contributed by atoms with E-state index in [0.717, 1.165) is 0 Å². The summed E-state index contributed by atoms with van der Waals surface area (Å²) < 4.78 is 5.46. The molecule has 6 heteroatoms. The molecule has 1 amide bonds. The van der Waals surface area contributed by atoms with E-state index in [0.29, 0.717) is 17.7 Å². The molecule has 21 heavy (non-hydrogen) atoms. The first-order valence-electron chi connectivity index (χ1n) is 6.65. The first-order valence-corrected chi connectivity index (χ1v) is 6.65. The molecule has 1 aromatic rings. The molecule has 0 radical (unpaired) electrons. The summed E-state index contributed by atoms with van der Waals surface area (Å²) in [6.07, 6.45) is -0.339. The van der Waals surface area contributed by atoms with E-state index in [1.54, 1.807) is 38.1 Å². The van der Waals surface area contributed by atoms with Crippen LogP contribution in [0.4, 0.5) is 0 Å². The zero-order valence-corrected chi connectivity index (χ0v) is 12.0. The average Bonchev–Trinajstić information content (AvgIpc) is 2.46. The number of hydrogen-bond acceptors (Lipinski definition) is 4. The lowest BCUT2D eigenvalue weighted by atomic mass is 10.1. The van der Waals surface area contributed by atoms with E-state index in [1.807, 2.05) is 6.07 Å². The Labute approximate surface area is 123 Å². The van der Waals surface area contributed by atoms with Gasteiger partial charge in [-0.1, -0.05) is 6.92 Å². The summed E-state index contributed by atoms with van der Waals surface area (Å²) in [5.74, 6) is -0.849. The summed E-state index contributed by atoms with van der Waals surface area (Å²) in [6, 6.07) is 7.99. The SMILES string of the molecule is CCC(CC(=O)O)NC(=O)C(C)Oc1ccc(C#N)cc1. The Morgan fingerprint density at radius 2 is 2.00 bits per heavy atom. The number of hydrogen-bond donors (Lipinski definition) is 2. The third kappa shape index (κ3) is 5.53. The molecule has 2 atom stereocenters. The van der Waals surface area contributed by atoms with E-state index >= 15 is 0 Å². The van der Waals surface area contributed by atoms with Crippen molar-refractivity contribution in [2.45, 2.75) is 38.8 Å². The Morgan fingerprint density at radius 3 is 2.48 bits per heavy atom. The number of nitrogens with zero attached hydrogens (tertiary/aromatic N) is 1. The van der Waals surface area contributed by atoms with Crippen molar-refractivity contribution in [2.75, 3.05) is 0 Å². The first-order chi connectivity index (χ1) is 9.96. The van der Waals surface area contributed by atoms with Crippen molar-refractivity contribution >= 4 is 11.9 Å². The summed E-state index contributed by atoms with van der Waals surface area (Å²) in [4.78, 5) is 22.6. The van der Waals surface area contributed by atoms with E-state index in [9.17, 15) is 9.59 Å². The maximum Gasteiger partial charge on any atom is 0.305 e. The minimum Gasteiger partial charge on any atom is -0.481 e. The van der Waals surface area contributed by atoms with E-state index in [2.05, 4.69) is 5.32 Å². The molecule has 0 fully saturated rings. The van der Waals surface area contributed by atoms with E-state index < -0.39 is 18.1 Å². The highest BCUT2D eigenvalue weighted by Gasteiger charge is 2.19. The molecule has 0 heterocycles. The van der Waals surface area contributed by atoms with Crippen LogP contribution in [0, 0.1) is 11.3 Å². The van der Waals surface area contributed by atoms with Crippen molar-refractivity contribution < 1.29 is 19.4 Å². The van der Waals surface area contributed by atoms with Crippen LogP contribution in [0.1, 0.15) is 32.3 Å². The Balaban J connectivity index is 2.57. The molecule has 0 saturated carbocycles. The number of aliphatic carboxylic acids is 1. The molecule has 1 rings (SSSR count). The Morgan fingerprint density at radius 1 is 1.38 bits per heavy atom. The van der Waals surface area contributed by atoms with Gasteiger partial charge in [-0.15, -0.1) is 0 Å². The molecule has 0 saturated heterocycles. The largest absolute Gasteiger partial charge is 0.481 e. The molecule has 0 bridgehead atoms. The third-order valence-electron chi connectivity index (χ3n) is 2.93. The maximum atomic E-state index is 11.9. The smallest absolute Gasteiger partial charge is 0.305 e. The van der Waals surface area contributed by atoms with Gasteiger partial charge in [0.2, 0.25) is 0 Å². The van der Waals surface area contributed by atoms with Crippen LogP contribution in [0.2, 0.25) is 0 Å². The van der Waals surface area contributed by atoms with Crippen LogP contribution in [0.15, 0.2) is 24.3 Å². The molecular weight excluding hydrogens is 272 g/mol. The molecule has 0 spiro atoms. The predicted molar refractivity (Wildman–Crippen MR) is 75.7 cm³/mol. The molecule has 0 aliphatic heterocycles.